The fourth-order valence-electron chi connectivity index (χ4n) is 1.18. The zero-order valence-electron chi connectivity index (χ0n) is 15.9. The summed E-state index contributed by atoms with van der Waals surface area (Å²) >= 11 is 0. The molecule has 1 aromatic carbocycles. The quantitative estimate of drug-likeness (QED) is 0.216. The van der Waals surface area contributed by atoms with Crippen molar-refractivity contribution in [2.45, 2.75) is 27.7 Å². The Kier molecular flexibility index (Phi) is 11.0. The van der Waals surface area contributed by atoms with Gasteiger partial charge in [-0.1, -0.05) is 39.8 Å². The topological polar surface area (TPSA) is 155 Å². The third-order valence-electron chi connectivity index (χ3n) is 2.90. The van der Waals surface area contributed by atoms with Gasteiger partial charge < -0.3 is 34.7 Å². The first-order valence-corrected chi connectivity index (χ1v) is 9.54. The Morgan fingerprint density at radius 3 is 1.37 bits per heavy atom. The van der Waals surface area contributed by atoms with Crippen molar-refractivity contribution in [1.29, 1.82) is 0 Å². The smallest absolute Gasteiger partial charge is 0.396 e. The van der Waals surface area contributed by atoms with Crippen LogP contribution in [0.15, 0.2) is 24.3 Å². The number of aliphatic hydroxyl groups excluding tert-OH is 2. The van der Waals surface area contributed by atoms with Crippen LogP contribution in [0.2, 0.25) is 0 Å². The van der Waals surface area contributed by atoms with Crippen LogP contribution < -0.4 is 9.78 Å². The Bertz CT molecular complexity index is 535. The molecule has 0 aliphatic carbocycles. The van der Waals surface area contributed by atoms with Crippen LogP contribution in [0.1, 0.15) is 27.7 Å². The van der Waals surface area contributed by atoms with Gasteiger partial charge in [0.25, 0.3) is 0 Å². The summed E-state index contributed by atoms with van der Waals surface area (Å²) in [5, 5.41) is 18.3. The first-order valence-electron chi connectivity index (χ1n) is 7.98. The second kappa shape index (κ2) is 11.6. The molecule has 10 nitrogen and oxygen atoms in total. The second-order valence-electron chi connectivity index (χ2n) is 7.30. The molecule has 0 aromatic heterocycles. The average molecular weight is 412 g/mol. The number of para-hydroxylation sites is 2. The minimum atomic E-state index is -4.64. The van der Waals surface area contributed by atoms with Crippen molar-refractivity contribution < 1.29 is 49.0 Å². The lowest BCUT2D eigenvalue weighted by Crippen LogP contribution is -2.25. The van der Waals surface area contributed by atoms with E-state index in [9.17, 15) is 0 Å². The van der Waals surface area contributed by atoms with Crippen molar-refractivity contribution >= 4 is 7.82 Å². The van der Waals surface area contributed by atoms with Gasteiger partial charge in [0.05, 0.1) is 13.2 Å². The first kappa shape index (κ1) is 25.8. The molecule has 1 aromatic rings. The SMILES string of the molecule is CC(C)(CO)COOc1ccccc1OOCC(C)(C)CO.O=P(O)(O)O. The fourth-order valence-corrected chi connectivity index (χ4v) is 1.18. The molecule has 0 radical (unpaired) electrons. The Balaban J connectivity index is 0.00000119. The van der Waals surface area contributed by atoms with Crippen molar-refractivity contribution in [1.82, 2.24) is 0 Å². The van der Waals surface area contributed by atoms with Crippen molar-refractivity contribution in [3.8, 4) is 11.5 Å². The van der Waals surface area contributed by atoms with Gasteiger partial charge >= 0.3 is 7.82 Å². The zero-order chi connectivity index (χ0) is 21.1. The highest BCUT2D eigenvalue weighted by atomic mass is 31.2. The molecule has 5 N–H and O–H groups in total. The third kappa shape index (κ3) is 14.5. The van der Waals surface area contributed by atoms with E-state index in [-0.39, 0.29) is 26.4 Å². The minimum Gasteiger partial charge on any atom is -0.396 e. The highest BCUT2D eigenvalue weighted by molar-refractivity contribution is 7.45. The number of hydrogen-bond donors (Lipinski definition) is 5. The minimum absolute atomic E-state index is 0.00609. The first-order chi connectivity index (χ1) is 12.3. The van der Waals surface area contributed by atoms with Gasteiger partial charge in [-0.2, -0.15) is 9.78 Å². The summed E-state index contributed by atoms with van der Waals surface area (Å²) in [5.41, 5.74) is -0.783. The molecule has 0 saturated carbocycles. The number of aliphatic hydroxyl groups is 2. The summed E-state index contributed by atoms with van der Waals surface area (Å²) in [6, 6.07) is 6.92. The molecule has 0 atom stereocenters. The van der Waals surface area contributed by atoms with E-state index in [0.717, 1.165) is 0 Å². The lowest BCUT2D eigenvalue weighted by atomic mass is 9.97. The van der Waals surface area contributed by atoms with E-state index in [1.165, 1.54) is 0 Å². The predicted molar refractivity (Wildman–Crippen MR) is 95.6 cm³/mol. The van der Waals surface area contributed by atoms with Crippen LogP contribution >= 0.6 is 7.82 Å². The summed E-state index contributed by atoms with van der Waals surface area (Å²) < 4.78 is 8.88. The van der Waals surface area contributed by atoms with E-state index in [0.29, 0.717) is 11.5 Å². The average Bonchev–Trinajstić information content (AvgIpc) is 2.54. The zero-order valence-corrected chi connectivity index (χ0v) is 16.8. The largest absolute Gasteiger partial charge is 0.466 e. The third-order valence-corrected chi connectivity index (χ3v) is 2.90. The van der Waals surface area contributed by atoms with Crippen LogP contribution in [0, 0.1) is 10.8 Å². The number of rotatable bonds is 10. The number of phosphoric acid groups is 1. The van der Waals surface area contributed by atoms with Crippen LogP contribution in [-0.2, 0) is 14.3 Å². The van der Waals surface area contributed by atoms with Gasteiger partial charge in [0.1, 0.15) is 13.2 Å². The Morgan fingerprint density at radius 1 is 0.815 bits per heavy atom. The van der Waals surface area contributed by atoms with Gasteiger partial charge in [-0.3, -0.25) is 0 Å². The molecule has 0 unspecified atom stereocenters. The van der Waals surface area contributed by atoms with Crippen molar-refractivity contribution in [2.24, 2.45) is 10.8 Å². The molecule has 0 saturated heterocycles. The molecule has 0 amide bonds. The Morgan fingerprint density at radius 2 is 1.11 bits per heavy atom. The van der Waals surface area contributed by atoms with Gasteiger partial charge in [-0.25, -0.2) is 4.57 Å². The van der Waals surface area contributed by atoms with Crippen LogP contribution in [0.3, 0.4) is 0 Å². The monoisotopic (exact) mass is 412 g/mol. The van der Waals surface area contributed by atoms with Crippen molar-refractivity contribution in [3.63, 3.8) is 0 Å². The van der Waals surface area contributed by atoms with E-state index in [4.69, 9.17) is 49.0 Å². The van der Waals surface area contributed by atoms with E-state index in [1.807, 2.05) is 27.7 Å². The summed E-state index contributed by atoms with van der Waals surface area (Å²) in [5.74, 6) is 0.746. The van der Waals surface area contributed by atoms with Crippen LogP contribution in [0.5, 0.6) is 11.5 Å². The molecular formula is C16H29O10P. The van der Waals surface area contributed by atoms with Gasteiger partial charge in [0.15, 0.2) is 0 Å². The summed E-state index contributed by atoms with van der Waals surface area (Å²) in [6.45, 7) is 7.89. The van der Waals surface area contributed by atoms with E-state index in [2.05, 4.69) is 0 Å². The predicted octanol–water partition coefficient (Wildman–Crippen LogP) is 1.42. The van der Waals surface area contributed by atoms with E-state index in [1.54, 1.807) is 24.3 Å². The van der Waals surface area contributed by atoms with Gasteiger partial charge in [-0.15, -0.1) is 0 Å². The molecule has 0 fully saturated rings. The Labute approximate surface area is 158 Å². The number of hydrogen-bond acceptors (Lipinski definition) is 7. The number of benzene rings is 1. The van der Waals surface area contributed by atoms with Crippen molar-refractivity contribution in [2.75, 3.05) is 26.4 Å². The standard InChI is InChI=1S/C16H26O6.H3O4P/c1-15(2,9-17)11-19-21-13-7-5-6-8-14(13)22-20-12-16(3,4)10-18;1-5(2,3)4/h5-8,17-18H,9-12H2,1-4H3;(H3,1,2,3,4). The van der Waals surface area contributed by atoms with E-state index >= 15 is 0 Å². The molecular weight excluding hydrogens is 383 g/mol. The highest BCUT2D eigenvalue weighted by Gasteiger charge is 2.20. The van der Waals surface area contributed by atoms with Crippen LogP contribution in [0.25, 0.3) is 0 Å². The van der Waals surface area contributed by atoms with Crippen molar-refractivity contribution in [3.05, 3.63) is 24.3 Å². The van der Waals surface area contributed by atoms with E-state index < -0.39 is 18.7 Å². The molecule has 0 bridgehead atoms. The fraction of sp³-hybridized carbons (Fsp3) is 0.625. The molecule has 0 spiro atoms. The highest BCUT2D eigenvalue weighted by Crippen LogP contribution is 2.28. The molecule has 158 valence electrons. The van der Waals surface area contributed by atoms with Crippen LogP contribution in [0.4, 0.5) is 0 Å². The maximum atomic E-state index is 9.16. The summed E-state index contributed by atoms with van der Waals surface area (Å²) in [7, 11) is -4.64. The maximum absolute atomic E-state index is 9.16. The lowest BCUT2D eigenvalue weighted by molar-refractivity contribution is -0.248. The molecule has 11 heteroatoms. The van der Waals surface area contributed by atoms with Gasteiger partial charge in [0.2, 0.25) is 11.5 Å². The second-order valence-corrected chi connectivity index (χ2v) is 8.32. The molecule has 27 heavy (non-hydrogen) atoms. The van der Waals surface area contributed by atoms with Gasteiger partial charge in [0, 0.05) is 10.8 Å². The van der Waals surface area contributed by atoms with Gasteiger partial charge in [-0.05, 0) is 12.1 Å². The summed E-state index contributed by atoms with van der Waals surface area (Å²) in [4.78, 5) is 42.3. The lowest BCUT2D eigenvalue weighted by Gasteiger charge is -2.21. The Hall–Kier alpha value is -1.23. The molecule has 1 rings (SSSR count). The molecule has 0 aliphatic rings. The molecule has 0 aliphatic heterocycles. The normalized spacial score (nSPS) is 12.2. The maximum Gasteiger partial charge on any atom is 0.466 e. The van der Waals surface area contributed by atoms with Crippen LogP contribution in [-0.4, -0.2) is 51.3 Å². The summed E-state index contributed by atoms with van der Waals surface area (Å²) in [6.07, 6.45) is 0. The molecule has 0 heterocycles.